The number of halogens is 1. The number of amides is 2. The number of hydrogen-bond donors (Lipinski definition) is 1. The van der Waals surface area contributed by atoms with E-state index in [1.807, 2.05) is 60.4 Å². The number of carbonyl (C=O) groups excluding carboxylic acids is 2. The van der Waals surface area contributed by atoms with E-state index in [2.05, 4.69) is 10.2 Å². The van der Waals surface area contributed by atoms with Gasteiger partial charge in [-0.05, 0) is 55.0 Å². The van der Waals surface area contributed by atoms with Crippen molar-refractivity contribution in [1.29, 1.82) is 0 Å². The lowest BCUT2D eigenvalue weighted by Crippen LogP contribution is -2.48. The number of benzene rings is 3. The van der Waals surface area contributed by atoms with Gasteiger partial charge in [-0.15, -0.1) is 0 Å². The minimum atomic E-state index is -0.258. The zero-order valence-electron chi connectivity index (χ0n) is 18.5. The fourth-order valence-corrected chi connectivity index (χ4v) is 4.00. The second-order valence-electron chi connectivity index (χ2n) is 7.91. The molecule has 1 aliphatic heterocycles. The van der Waals surface area contributed by atoms with E-state index in [1.54, 1.807) is 24.3 Å². The lowest BCUT2D eigenvalue weighted by atomic mass is 10.1. The predicted octanol–water partition coefficient (Wildman–Crippen LogP) is 4.63. The first-order valence-corrected chi connectivity index (χ1v) is 11.3. The van der Waals surface area contributed by atoms with Crippen LogP contribution in [0.2, 0.25) is 5.02 Å². The number of rotatable bonds is 6. The van der Waals surface area contributed by atoms with Crippen molar-refractivity contribution >= 4 is 34.8 Å². The number of nitrogens with one attached hydrogen (secondary N) is 1. The van der Waals surface area contributed by atoms with Crippen molar-refractivity contribution in [2.75, 3.05) is 43.0 Å². The van der Waals surface area contributed by atoms with E-state index in [-0.39, 0.29) is 18.4 Å². The molecule has 7 heteroatoms. The second-order valence-corrected chi connectivity index (χ2v) is 8.32. The number of aryl methyl sites for hydroxylation is 1. The first-order chi connectivity index (χ1) is 16.0. The van der Waals surface area contributed by atoms with Crippen molar-refractivity contribution in [2.24, 2.45) is 0 Å². The molecule has 0 atom stereocenters. The highest BCUT2D eigenvalue weighted by Crippen LogP contribution is 2.23. The van der Waals surface area contributed by atoms with E-state index in [9.17, 15) is 9.59 Å². The van der Waals surface area contributed by atoms with Gasteiger partial charge in [-0.25, -0.2) is 0 Å². The van der Waals surface area contributed by atoms with Gasteiger partial charge in [-0.1, -0.05) is 41.9 Å². The number of piperazine rings is 1. The molecule has 0 unspecified atom stereocenters. The van der Waals surface area contributed by atoms with Crippen molar-refractivity contribution in [3.8, 4) is 5.75 Å². The molecule has 33 heavy (non-hydrogen) atoms. The largest absolute Gasteiger partial charge is 0.482 e. The Kier molecular flexibility index (Phi) is 7.15. The first-order valence-electron chi connectivity index (χ1n) is 10.9. The molecule has 0 aliphatic carbocycles. The van der Waals surface area contributed by atoms with Gasteiger partial charge in [0.1, 0.15) is 5.75 Å². The second kappa shape index (κ2) is 10.4. The Morgan fingerprint density at radius 2 is 1.58 bits per heavy atom. The van der Waals surface area contributed by atoms with Gasteiger partial charge in [0.25, 0.3) is 11.8 Å². The lowest BCUT2D eigenvalue weighted by Gasteiger charge is -2.36. The maximum Gasteiger partial charge on any atom is 0.262 e. The zero-order chi connectivity index (χ0) is 23.2. The van der Waals surface area contributed by atoms with Gasteiger partial charge >= 0.3 is 0 Å². The molecule has 0 spiro atoms. The van der Waals surface area contributed by atoms with Crippen LogP contribution in [0.15, 0.2) is 72.8 Å². The van der Waals surface area contributed by atoms with Crippen LogP contribution >= 0.6 is 11.6 Å². The molecule has 0 radical (unpaired) electrons. The number of nitrogens with zero attached hydrogens (tertiary/aromatic N) is 2. The smallest absolute Gasteiger partial charge is 0.262 e. The molecule has 1 N–H and O–H groups in total. The third-order valence-corrected chi connectivity index (χ3v) is 5.97. The van der Waals surface area contributed by atoms with Gasteiger partial charge in [0.15, 0.2) is 6.61 Å². The van der Waals surface area contributed by atoms with Crippen molar-refractivity contribution in [1.82, 2.24) is 4.90 Å². The Morgan fingerprint density at radius 1 is 0.909 bits per heavy atom. The van der Waals surface area contributed by atoms with Crippen LogP contribution in [-0.2, 0) is 4.79 Å². The molecule has 6 nitrogen and oxygen atoms in total. The van der Waals surface area contributed by atoms with Gasteiger partial charge in [0.2, 0.25) is 0 Å². The third-order valence-electron chi connectivity index (χ3n) is 5.65. The normalized spacial score (nSPS) is 13.5. The van der Waals surface area contributed by atoms with E-state index in [0.717, 1.165) is 29.9 Å². The SMILES string of the molecule is Cc1ccccc1C(=O)N1CCN(c2ccc(NC(=O)COc3ccccc3Cl)cc2)CC1. The predicted molar refractivity (Wildman–Crippen MR) is 131 cm³/mol. The lowest BCUT2D eigenvalue weighted by molar-refractivity contribution is -0.118. The number of carbonyl (C=O) groups is 2. The van der Waals surface area contributed by atoms with E-state index < -0.39 is 0 Å². The molecule has 3 aromatic carbocycles. The minimum Gasteiger partial charge on any atom is -0.482 e. The highest BCUT2D eigenvalue weighted by Gasteiger charge is 2.23. The Labute approximate surface area is 198 Å². The molecule has 0 bridgehead atoms. The fourth-order valence-electron chi connectivity index (χ4n) is 3.81. The Bertz CT molecular complexity index is 1130. The monoisotopic (exact) mass is 463 g/mol. The quantitative estimate of drug-likeness (QED) is 0.579. The summed E-state index contributed by atoms with van der Waals surface area (Å²) < 4.78 is 5.47. The third kappa shape index (κ3) is 5.65. The average molecular weight is 464 g/mol. The maximum absolute atomic E-state index is 12.8. The fraction of sp³-hybridized carbons (Fsp3) is 0.231. The maximum atomic E-state index is 12.8. The zero-order valence-corrected chi connectivity index (χ0v) is 19.2. The number of hydrogen-bond acceptors (Lipinski definition) is 4. The molecule has 1 fully saturated rings. The Hall–Kier alpha value is -3.51. The van der Waals surface area contributed by atoms with Crippen molar-refractivity contribution in [3.63, 3.8) is 0 Å². The summed E-state index contributed by atoms with van der Waals surface area (Å²) >= 11 is 6.04. The van der Waals surface area contributed by atoms with Crippen molar-refractivity contribution in [2.45, 2.75) is 6.92 Å². The van der Waals surface area contributed by atoms with Gasteiger partial charge in [-0.3, -0.25) is 9.59 Å². The topological polar surface area (TPSA) is 61.9 Å². The molecule has 1 heterocycles. The van der Waals surface area contributed by atoms with E-state index in [0.29, 0.717) is 29.5 Å². The summed E-state index contributed by atoms with van der Waals surface area (Å²) in [6, 6.07) is 22.4. The number of ether oxygens (including phenoxy) is 1. The van der Waals surface area contributed by atoms with E-state index in [1.165, 1.54) is 0 Å². The van der Waals surface area contributed by atoms with Crippen LogP contribution in [-0.4, -0.2) is 49.5 Å². The Morgan fingerprint density at radius 3 is 2.27 bits per heavy atom. The van der Waals surface area contributed by atoms with Gasteiger partial charge < -0.3 is 19.9 Å². The van der Waals surface area contributed by atoms with Crippen LogP contribution in [0, 0.1) is 6.92 Å². The van der Waals surface area contributed by atoms with Crippen LogP contribution in [0.3, 0.4) is 0 Å². The molecular weight excluding hydrogens is 438 g/mol. The van der Waals surface area contributed by atoms with Crippen LogP contribution < -0.4 is 15.0 Å². The number of para-hydroxylation sites is 1. The van der Waals surface area contributed by atoms with Gasteiger partial charge in [-0.2, -0.15) is 0 Å². The van der Waals surface area contributed by atoms with E-state index in [4.69, 9.17) is 16.3 Å². The summed E-state index contributed by atoms with van der Waals surface area (Å²) in [6.45, 7) is 4.70. The summed E-state index contributed by atoms with van der Waals surface area (Å²) in [7, 11) is 0. The molecule has 1 saturated heterocycles. The van der Waals surface area contributed by atoms with E-state index >= 15 is 0 Å². The molecule has 1 aliphatic rings. The summed E-state index contributed by atoms with van der Waals surface area (Å²) in [6.07, 6.45) is 0. The van der Waals surface area contributed by atoms with Crippen LogP contribution in [0.5, 0.6) is 5.75 Å². The first kappa shape index (κ1) is 22.7. The van der Waals surface area contributed by atoms with Crippen molar-refractivity contribution < 1.29 is 14.3 Å². The van der Waals surface area contributed by atoms with Gasteiger partial charge in [0.05, 0.1) is 5.02 Å². The van der Waals surface area contributed by atoms with Crippen LogP contribution in [0.25, 0.3) is 0 Å². The molecule has 2 amide bonds. The molecular formula is C26H26ClN3O3. The highest BCUT2D eigenvalue weighted by atomic mass is 35.5. The van der Waals surface area contributed by atoms with Crippen LogP contribution in [0.1, 0.15) is 15.9 Å². The standard InChI is InChI=1S/C26H26ClN3O3/c1-19-6-2-3-7-22(19)26(32)30-16-14-29(15-17-30)21-12-10-20(11-13-21)28-25(31)18-33-24-9-5-4-8-23(24)27/h2-13H,14-18H2,1H3,(H,28,31). The van der Waals surface area contributed by atoms with Gasteiger partial charge in [0, 0.05) is 43.1 Å². The average Bonchev–Trinajstić information content (AvgIpc) is 2.84. The van der Waals surface area contributed by atoms with Crippen LogP contribution in [0.4, 0.5) is 11.4 Å². The number of anilines is 2. The Balaban J connectivity index is 1.27. The van der Waals surface area contributed by atoms with Crippen molar-refractivity contribution in [3.05, 3.63) is 88.9 Å². The molecule has 0 saturated carbocycles. The summed E-state index contributed by atoms with van der Waals surface area (Å²) in [5, 5.41) is 3.30. The summed E-state index contributed by atoms with van der Waals surface area (Å²) in [5.41, 5.74) is 3.52. The summed E-state index contributed by atoms with van der Waals surface area (Å²) in [4.78, 5) is 29.2. The summed E-state index contributed by atoms with van der Waals surface area (Å²) in [5.74, 6) is 0.306. The molecule has 4 rings (SSSR count). The molecule has 170 valence electrons. The molecule has 3 aromatic rings. The minimum absolute atomic E-state index is 0.0878. The molecule has 0 aromatic heterocycles. The highest BCUT2D eigenvalue weighted by molar-refractivity contribution is 6.32.